The highest BCUT2D eigenvalue weighted by Crippen LogP contribution is 2.51. The van der Waals surface area contributed by atoms with Gasteiger partial charge in [0.2, 0.25) is 5.91 Å². The molecular weight excluding hydrogens is 456 g/mol. The number of carbonyl (C=O) groups excluding carboxylic acids is 1. The van der Waals surface area contributed by atoms with E-state index in [-0.39, 0.29) is 24.0 Å². The lowest BCUT2D eigenvalue weighted by Crippen LogP contribution is -2.56. The number of morpholine rings is 1. The van der Waals surface area contributed by atoms with Crippen LogP contribution in [0.25, 0.3) is 10.9 Å². The summed E-state index contributed by atoms with van der Waals surface area (Å²) in [4.78, 5) is 20.0. The molecule has 3 aliphatic heterocycles. The number of aryl methyl sites for hydroxylation is 1. The number of aliphatic hydroxyl groups is 1. The van der Waals surface area contributed by atoms with Crippen molar-refractivity contribution in [1.29, 1.82) is 0 Å². The normalized spacial score (nSPS) is 24.9. The van der Waals surface area contributed by atoms with Crippen LogP contribution in [0.3, 0.4) is 0 Å². The minimum Gasteiger partial charge on any atom is -0.497 e. The van der Waals surface area contributed by atoms with Gasteiger partial charge in [0, 0.05) is 68.9 Å². The Hall–Kier alpha value is -2.13. The third-order valence-corrected chi connectivity index (χ3v) is 9.14. The van der Waals surface area contributed by atoms with Crippen LogP contribution in [0.5, 0.6) is 5.75 Å². The van der Waals surface area contributed by atoms with Crippen molar-refractivity contribution < 1.29 is 19.4 Å². The predicted molar refractivity (Wildman–Crippen MR) is 138 cm³/mol. The fourth-order valence-electron chi connectivity index (χ4n) is 6.93. The molecule has 1 saturated carbocycles. The van der Waals surface area contributed by atoms with Crippen LogP contribution in [0.1, 0.15) is 43.0 Å². The first-order chi connectivity index (χ1) is 17.5. The van der Waals surface area contributed by atoms with E-state index < -0.39 is 0 Å². The summed E-state index contributed by atoms with van der Waals surface area (Å²) in [6, 6.07) is 6.40. The molecule has 1 spiro atoms. The summed E-state index contributed by atoms with van der Waals surface area (Å²) < 4.78 is 13.3. The van der Waals surface area contributed by atoms with Crippen molar-refractivity contribution in [3.8, 4) is 5.75 Å². The molecule has 1 N–H and O–H groups in total. The number of aliphatic hydroxyl groups excluding tert-OH is 1. The van der Waals surface area contributed by atoms with Gasteiger partial charge in [-0.25, -0.2) is 0 Å². The van der Waals surface area contributed by atoms with E-state index in [9.17, 15) is 9.90 Å². The molecule has 1 aromatic heterocycles. The second-order valence-corrected chi connectivity index (χ2v) is 11.3. The maximum absolute atomic E-state index is 13.2. The molecule has 36 heavy (non-hydrogen) atoms. The van der Waals surface area contributed by atoms with Crippen LogP contribution < -0.4 is 4.74 Å². The second-order valence-electron chi connectivity index (χ2n) is 11.3. The first-order valence-electron chi connectivity index (χ1n) is 13.6. The van der Waals surface area contributed by atoms with Crippen molar-refractivity contribution in [2.24, 2.45) is 13.0 Å². The van der Waals surface area contributed by atoms with E-state index >= 15 is 0 Å². The molecule has 1 atom stereocenters. The smallest absolute Gasteiger partial charge is 0.236 e. The number of carbonyl (C=O) groups is 1. The number of methoxy groups -OCH3 is 1. The number of hydrogen-bond donors (Lipinski definition) is 1. The molecule has 3 fully saturated rings. The van der Waals surface area contributed by atoms with E-state index in [0.717, 1.165) is 69.3 Å². The van der Waals surface area contributed by atoms with Crippen molar-refractivity contribution >= 4 is 16.8 Å². The SMILES string of the molecule is COc1ccc2c3c(n(C)c2c1)[C@@H](CO)N(CC1CC1)CC31CCN(C(=O)CN2CCOCC2)CC1. The van der Waals surface area contributed by atoms with E-state index in [0.29, 0.717) is 19.8 Å². The van der Waals surface area contributed by atoms with Crippen molar-refractivity contribution in [2.75, 3.05) is 72.7 Å². The summed E-state index contributed by atoms with van der Waals surface area (Å²) >= 11 is 0. The minimum atomic E-state index is -0.0142. The first-order valence-corrected chi connectivity index (χ1v) is 13.6. The molecule has 0 unspecified atom stereocenters. The van der Waals surface area contributed by atoms with Gasteiger partial charge in [-0.3, -0.25) is 14.6 Å². The lowest BCUT2D eigenvalue weighted by atomic mass is 9.68. The number of rotatable bonds is 6. The summed E-state index contributed by atoms with van der Waals surface area (Å²) in [5.41, 5.74) is 3.80. The van der Waals surface area contributed by atoms with Gasteiger partial charge in [-0.05, 0) is 49.3 Å². The number of amides is 1. The van der Waals surface area contributed by atoms with E-state index in [4.69, 9.17) is 9.47 Å². The number of piperidine rings is 1. The monoisotopic (exact) mass is 496 g/mol. The summed E-state index contributed by atoms with van der Waals surface area (Å²) in [6.45, 7) is 7.32. The maximum Gasteiger partial charge on any atom is 0.236 e. The van der Waals surface area contributed by atoms with Crippen molar-refractivity contribution in [2.45, 2.75) is 37.1 Å². The highest BCUT2D eigenvalue weighted by Gasteiger charge is 2.49. The zero-order valence-electron chi connectivity index (χ0n) is 21.7. The van der Waals surface area contributed by atoms with Gasteiger partial charge in [-0.15, -0.1) is 0 Å². The van der Waals surface area contributed by atoms with Crippen LogP contribution in [-0.4, -0.2) is 103 Å². The largest absolute Gasteiger partial charge is 0.497 e. The Morgan fingerprint density at radius 1 is 1.17 bits per heavy atom. The molecule has 4 heterocycles. The Balaban J connectivity index is 1.33. The van der Waals surface area contributed by atoms with Crippen molar-refractivity contribution in [1.82, 2.24) is 19.3 Å². The average Bonchev–Trinajstić information content (AvgIpc) is 3.67. The second kappa shape index (κ2) is 9.63. The quantitative estimate of drug-likeness (QED) is 0.661. The van der Waals surface area contributed by atoms with Gasteiger partial charge < -0.3 is 24.0 Å². The van der Waals surface area contributed by atoms with Gasteiger partial charge in [-0.1, -0.05) is 0 Å². The first kappa shape index (κ1) is 24.2. The molecule has 0 radical (unpaired) electrons. The van der Waals surface area contributed by atoms with Gasteiger partial charge in [0.25, 0.3) is 0 Å². The Kier molecular flexibility index (Phi) is 6.48. The van der Waals surface area contributed by atoms with Crippen LogP contribution in [0.4, 0.5) is 0 Å². The Labute approximate surface area is 213 Å². The molecular formula is C28H40N4O4. The Bertz CT molecular complexity index is 1110. The number of nitrogens with zero attached hydrogens (tertiary/aromatic N) is 4. The zero-order chi connectivity index (χ0) is 24.9. The summed E-state index contributed by atoms with van der Waals surface area (Å²) in [7, 11) is 3.85. The van der Waals surface area contributed by atoms with E-state index in [1.807, 2.05) is 0 Å². The van der Waals surface area contributed by atoms with Gasteiger partial charge in [0.15, 0.2) is 0 Å². The molecule has 6 rings (SSSR count). The van der Waals surface area contributed by atoms with Crippen molar-refractivity contribution in [3.63, 3.8) is 0 Å². The fraction of sp³-hybridized carbons (Fsp3) is 0.679. The maximum atomic E-state index is 13.2. The fourth-order valence-corrected chi connectivity index (χ4v) is 6.93. The Morgan fingerprint density at radius 2 is 1.92 bits per heavy atom. The molecule has 196 valence electrons. The summed E-state index contributed by atoms with van der Waals surface area (Å²) in [5.74, 6) is 1.85. The van der Waals surface area contributed by atoms with E-state index in [2.05, 4.69) is 44.5 Å². The van der Waals surface area contributed by atoms with Gasteiger partial charge in [-0.2, -0.15) is 0 Å². The number of benzene rings is 1. The van der Waals surface area contributed by atoms with Crippen LogP contribution in [0.15, 0.2) is 18.2 Å². The predicted octanol–water partition coefficient (Wildman–Crippen LogP) is 2.14. The lowest BCUT2D eigenvalue weighted by molar-refractivity contribution is -0.135. The highest BCUT2D eigenvalue weighted by molar-refractivity contribution is 5.89. The highest BCUT2D eigenvalue weighted by atomic mass is 16.5. The molecule has 2 saturated heterocycles. The minimum absolute atomic E-state index is 0.00982. The average molecular weight is 497 g/mol. The summed E-state index contributed by atoms with van der Waals surface area (Å²) in [6.07, 6.45) is 4.51. The molecule has 1 aromatic carbocycles. The summed E-state index contributed by atoms with van der Waals surface area (Å²) in [5, 5.41) is 11.9. The number of likely N-dealkylation sites (tertiary alicyclic amines) is 1. The van der Waals surface area contributed by atoms with Crippen molar-refractivity contribution in [3.05, 3.63) is 29.5 Å². The molecule has 0 bridgehead atoms. The van der Waals surface area contributed by atoms with E-state index in [1.54, 1.807) is 7.11 Å². The molecule has 8 heteroatoms. The van der Waals surface area contributed by atoms with Crippen LogP contribution in [-0.2, 0) is 22.0 Å². The lowest BCUT2D eigenvalue weighted by Gasteiger charge is -2.51. The van der Waals surface area contributed by atoms with Crippen LogP contribution >= 0.6 is 0 Å². The number of fused-ring (bicyclic) bond motifs is 4. The Morgan fingerprint density at radius 3 is 2.58 bits per heavy atom. The van der Waals surface area contributed by atoms with Gasteiger partial charge in [0.1, 0.15) is 5.75 Å². The standard InChI is InChI=1S/C28H40N4O4/c1-29-23-15-21(35-2)5-6-22(23)26-27(29)24(18-33)32(16-20-3-4-20)19-28(26)7-9-31(10-8-28)25(34)17-30-11-13-36-14-12-30/h5-6,15,20,24,33H,3-4,7-14,16-19H2,1-2H3/t24-/m1/s1. The topological polar surface area (TPSA) is 70.4 Å². The number of aromatic nitrogens is 1. The van der Waals surface area contributed by atoms with Crippen LogP contribution in [0, 0.1) is 5.92 Å². The van der Waals surface area contributed by atoms with Crippen LogP contribution in [0.2, 0.25) is 0 Å². The zero-order valence-corrected chi connectivity index (χ0v) is 21.7. The molecule has 1 amide bonds. The molecule has 2 aromatic rings. The van der Waals surface area contributed by atoms with E-state index in [1.165, 1.54) is 29.5 Å². The molecule has 4 aliphatic rings. The third kappa shape index (κ3) is 4.22. The molecule has 8 nitrogen and oxygen atoms in total. The third-order valence-electron chi connectivity index (χ3n) is 9.14. The molecule has 1 aliphatic carbocycles. The van der Waals surface area contributed by atoms with Gasteiger partial charge >= 0.3 is 0 Å². The van der Waals surface area contributed by atoms with Gasteiger partial charge in [0.05, 0.1) is 45.0 Å². The number of hydrogen-bond acceptors (Lipinski definition) is 6. The number of ether oxygens (including phenoxy) is 2.